The first-order valence-corrected chi connectivity index (χ1v) is 5.56. The lowest BCUT2D eigenvalue weighted by Crippen LogP contribution is -2.54. The average Bonchev–Trinajstić information content (AvgIpc) is 2.19. The first-order valence-electron chi connectivity index (χ1n) is 5.56. The van der Waals surface area contributed by atoms with Crippen molar-refractivity contribution in [2.45, 2.75) is 45.4 Å². The fourth-order valence-electron chi connectivity index (χ4n) is 1.14. The van der Waals surface area contributed by atoms with Gasteiger partial charge in [-0.15, -0.1) is 0 Å². The van der Waals surface area contributed by atoms with Gasteiger partial charge in [0.05, 0.1) is 0 Å². The van der Waals surface area contributed by atoms with Crippen LogP contribution in [0.2, 0.25) is 0 Å². The van der Waals surface area contributed by atoms with Crippen molar-refractivity contribution in [1.29, 1.82) is 0 Å². The first kappa shape index (κ1) is 17.7. The smallest absolute Gasteiger partial charge is 0.408 e. The van der Waals surface area contributed by atoms with Crippen LogP contribution in [-0.4, -0.2) is 52.0 Å². The molecule has 0 saturated heterocycles. The number of nitrogens with one attached hydrogen (secondary N) is 1. The summed E-state index contributed by atoms with van der Waals surface area (Å²) in [4.78, 5) is 44.2. The minimum absolute atomic E-state index is 0.896. The molecule has 0 saturated carbocycles. The molecular formula is C11H17NO8. The average molecular weight is 291 g/mol. The van der Waals surface area contributed by atoms with Crippen LogP contribution < -0.4 is 5.32 Å². The van der Waals surface area contributed by atoms with Crippen LogP contribution in [-0.2, 0) is 23.9 Å². The van der Waals surface area contributed by atoms with Crippen molar-refractivity contribution in [3.05, 3.63) is 0 Å². The molecule has 20 heavy (non-hydrogen) atoms. The van der Waals surface area contributed by atoms with Crippen molar-refractivity contribution in [1.82, 2.24) is 5.32 Å². The molecule has 114 valence electrons. The van der Waals surface area contributed by atoms with E-state index in [4.69, 9.17) is 14.9 Å². The van der Waals surface area contributed by atoms with Crippen LogP contribution in [0.25, 0.3) is 0 Å². The third kappa shape index (κ3) is 6.57. The fourth-order valence-corrected chi connectivity index (χ4v) is 1.14. The number of rotatable bonds is 5. The molecule has 2 atom stereocenters. The van der Waals surface area contributed by atoms with Crippen molar-refractivity contribution < 1.29 is 38.9 Å². The topological polar surface area (TPSA) is 139 Å². The number of carbonyl (C=O) groups excluding carboxylic acids is 2. The Bertz CT molecular complexity index is 411. The summed E-state index contributed by atoms with van der Waals surface area (Å²) in [6.07, 6.45) is -3.19. The number of amides is 1. The predicted molar refractivity (Wildman–Crippen MR) is 64.0 cm³/mol. The number of aliphatic carboxylic acids is 2. The van der Waals surface area contributed by atoms with E-state index in [1.54, 1.807) is 20.8 Å². The molecule has 9 heteroatoms. The van der Waals surface area contributed by atoms with E-state index in [2.05, 4.69) is 4.74 Å². The van der Waals surface area contributed by atoms with Crippen molar-refractivity contribution in [2.75, 3.05) is 0 Å². The molecule has 0 fully saturated rings. The molecule has 0 aromatic carbocycles. The van der Waals surface area contributed by atoms with Crippen LogP contribution in [0.15, 0.2) is 0 Å². The molecule has 3 N–H and O–H groups in total. The summed E-state index contributed by atoms with van der Waals surface area (Å²) in [5.74, 6) is -4.37. The van der Waals surface area contributed by atoms with E-state index in [1.807, 2.05) is 5.32 Å². The van der Waals surface area contributed by atoms with Crippen molar-refractivity contribution in [2.24, 2.45) is 0 Å². The highest BCUT2D eigenvalue weighted by Gasteiger charge is 2.38. The minimum atomic E-state index is -2.06. The summed E-state index contributed by atoms with van der Waals surface area (Å²) >= 11 is 0. The van der Waals surface area contributed by atoms with Gasteiger partial charge in [0.15, 0.2) is 6.04 Å². The molecule has 0 aliphatic heterocycles. The van der Waals surface area contributed by atoms with Gasteiger partial charge in [0.25, 0.3) is 0 Å². The number of esters is 1. The lowest BCUT2D eigenvalue weighted by atomic mass is 10.1. The molecular weight excluding hydrogens is 274 g/mol. The number of ether oxygens (including phenoxy) is 2. The Morgan fingerprint density at radius 3 is 1.85 bits per heavy atom. The molecule has 0 unspecified atom stereocenters. The summed E-state index contributed by atoms with van der Waals surface area (Å²) in [6, 6.07) is -1.97. The number of carbonyl (C=O) groups is 4. The molecule has 0 heterocycles. The van der Waals surface area contributed by atoms with E-state index >= 15 is 0 Å². The van der Waals surface area contributed by atoms with Gasteiger partial charge in [-0.25, -0.2) is 14.4 Å². The van der Waals surface area contributed by atoms with Crippen LogP contribution >= 0.6 is 0 Å². The van der Waals surface area contributed by atoms with E-state index in [-0.39, 0.29) is 0 Å². The van der Waals surface area contributed by atoms with Crippen molar-refractivity contribution in [3.63, 3.8) is 0 Å². The third-order valence-electron chi connectivity index (χ3n) is 1.78. The maximum atomic E-state index is 11.5. The van der Waals surface area contributed by atoms with Gasteiger partial charge >= 0.3 is 24.0 Å². The highest BCUT2D eigenvalue weighted by molar-refractivity contribution is 5.89. The van der Waals surface area contributed by atoms with E-state index in [0.717, 1.165) is 6.92 Å². The summed E-state index contributed by atoms with van der Waals surface area (Å²) in [5.41, 5.74) is -0.896. The molecule has 0 rings (SSSR count). The Hall–Kier alpha value is -2.32. The van der Waals surface area contributed by atoms with Crippen molar-refractivity contribution in [3.8, 4) is 0 Å². The summed E-state index contributed by atoms with van der Waals surface area (Å²) in [6.45, 7) is 5.55. The zero-order chi connectivity index (χ0) is 16.1. The summed E-state index contributed by atoms with van der Waals surface area (Å²) in [7, 11) is 0. The highest BCUT2D eigenvalue weighted by atomic mass is 16.6. The quantitative estimate of drug-likeness (QED) is 0.600. The second-order valence-corrected chi connectivity index (χ2v) is 4.83. The second kappa shape index (κ2) is 6.73. The first-order chi connectivity index (χ1) is 8.94. The second-order valence-electron chi connectivity index (χ2n) is 4.83. The van der Waals surface area contributed by atoms with Crippen LogP contribution in [0.3, 0.4) is 0 Å². The number of carboxylic acid groups (broad SMARTS) is 2. The largest absolute Gasteiger partial charge is 0.480 e. The number of alkyl carbamates (subject to hydrolysis) is 1. The minimum Gasteiger partial charge on any atom is -0.480 e. The number of carboxylic acids is 2. The number of hydrogen-bond acceptors (Lipinski definition) is 6. The Morgan fingerprint density at radius 2 is 1.55 bits per heavy atom. The van der Waals surface area contributed by atoms with Gasteiger partial charge in [0, 0.05) is 6.92 Å². The lowest BCUT2D eigenvalue weighted by molar-refractivity contribution is -0.168. The molecule has 0 aliphatic rings. The van der Waals surface area contributed by atoms with Gasteiger partial charge in [0.2, 0.25) is 6.10 Å². The Labute approximate surface area is 114 Å². The zero-order valence-corrected chi connectivity index (χ0v) is 11.5. The van der Waals surface area contributed by atoms with E-state index in [9.17, 15) is 19.2 Å². The molecule has 0 aliphatic carbocycles. The monoisotopic (exact) mass is 291 g/mol. The van der Waals surface area contributed by atoms with Gasteiger partial charge in [0.1, 0.15) is 5.60 Å². The van der Waals surface area contributed by atoms with Gasteiger partial charge in [-0.3, -0.25) is 4.79 Å². The fraction of sp³-hybridized carbons (Fsp3) is 0.636. The van der Waals surface area contributed by atoms with Gasteiger partial charge < -0.3 is 25.0 Å². The summed E-state index contributed by atoms with van der Waals surface area (Å²) in [5, 5.41) is 19.6. The van der Waals surface area contributed by atoms with E-state index in [0.29, 0.717) is 0 Å². The van der Waals surface area contributed by atoms with Gasteiger partial charge in [-0.2, -0.15) is 0 Å². The maximum Gasteiger partial charge on any atom is 0.408 e. The molecule has 0 radical (unpaired) electrons. The third-order valence-corrected chi connectivity index (χ3v) is 1.78. The molecule has 0 aromatic heterocycles. The summed E-state index contributed by atoms with van der Waals surface area (Å²) < 4.78 is 9.18. The van der Waals surface area contributed by atoms with Crippen molar-refractivity contribution >= 4 is 24.0 Å². The van der Waals surface area contributed by atoms with Gasteiger partial charge in [-0.05, 0) is 20.8 Å². The van der Waals surface area contributed by atoms with E-state index in [1.165, 1.54) is 0 Å². The number of hydrogen-bond donors (Lipinski definition) is 3. The predicted octanol–water partition coefficient (Wildman–Crippen LogP) is -0.0194. The van der Waals surface area contributed by atoms with Crippen LogP contribution in [0.5, 0.6) is 0 Å². The lowest BCUT2D eigenvalue weighted by Gasteiger charge is -2.24. The Kier molecular flexibility index (Phi) is 5.95. The maximum absolute atomic E-state index is 11.5. The highest BCUT2D eigenvalue weighted by Crippen LogP contribution is 2.08. The molecule has 0 aromatic rings. The Balaban J connectivity index is 5.03. The molecule has 9 nitrogen and oxygen atoms in total. The normalized spacial score (nSPS) is 13.8. The van der Waals surface area contributed by atoms with E-state index < -0.39 is 41.7 Å². The zero-order valence-electron chi connectivity index (χ0n) is 11.5. The van der Waals surface area contributed by atoms with Crippen LogP contribution in [0.4, 0.5) is 4.79 Å². The molecule has 0 bridgehead atoms. The molecule has 1 amide bonds. The van der Waals surface area contributed by atoms with Gasteiger partial charge in [-0.1, -0.05) is 0 Å². The van der Waals surface area contributed by atoms with Crippen LogP contribution in [0, 0.1) is 0 Å². The van der Waals surface area contributed by atoms with Crippen LogP contribution in [0.1, 0.15) is 27.7 Å². The standard InChI is InChI=1S/C11H17NO8/c1-5(13)19-7(9(16)17)6(8(14)15)12-10(18)20-11(2,3)4/h6-7H,1-4H3,(H,12,18)(H,14,15)(H,16,17)/t6-,7-/m0/s1. The Morgan fingerprint density at radius 1 is 1.05 bits per heavy atom. The molecule has 0 spiro atoms. The SMILES string of the molecule is CC(=O)O[C@H](C(=O)O)[C@H](NC(=O)OC(C)(C)C)C(=O)O.